The molecule has 1 saturated heterocycles. The van der Waals surface area contributed by atoms with Crippen LogP contribution in [0.4, 0.5) is 0 Å². The van der Waals surface area contributed by atoms with Crippen molar-refractivity contribution in [1.29, 1.82) is 0 Å². The quantitative estimate of drug-likeness (QED) is 0.584. The summed E-state index contributed by atoms with van der Waals surface area (Å²) in [5, 5.41) is 0.820. The van der Waals surface area contributed by atoms with Crippen molar-refractivity contribution in [3.63, 3.8) is 0 Å². The molecule has 2 aromatic carbocycles. The first-order valence-electron chi connectivity index (χ1n) is 9.35. The number of esters is 1. The largest absolute Gasteiger partial charge is 0.489 e. The molecule has 0 N–H and O–H groups in total. The van der Waals surface area contributed by atoms with Gasteiger partial charge in [-0.15, -0.1) is 0 Å². The highest BCUT2D eigenvalue weighted by Gasteiger charge is 2.24. The van der Waals surface area contributed by atoms with Crippen LogP contribution in [0.25, 0.3) is 11.0 Å². The Morgan fingerprint density at radius 3 is 2.64 bits per heavy atom. The number of carbonyl (C=O) groups excluding carboxylic acids is 2. The molecule has 1 aromatic heterocycles. The molecular formula is C22H21NO5. The Balaban J connectivity index is 1.48. The van der Waals surface area contributed by atoms with E-state index in [-0.39, 0.29) is 24.9 Å². The molecule has 1 fully saturated rings. The van der Waals surface area contributed by atoms with Crippen molar-refractivity contribution >= 4 is 22.8 Å². The molecule has 0 saturated carbocycles. The van der Waals surface area contributed by atoms with Crippen molar-refractivity contribution < 1.29 is 23.5 Å². The van der Waals surface area contributed by atoms with Crippen LogP contribution in [0, 0.1) is 0 Å². The number of likely N-dealkylation sites (tertiary alicyclic amines) is 1. The average molecular weight is 379 g/mol. The third-order valence-corrected chi connectivity index (χ3v) is 4.78. The minimum absolute atomic E-state index is 0.108. The maximum atomic E-state index is 12.6. The molecule has 144 valence electrons. The Kier molecular flexibility index (Phi) is 5.28. The Morgan fingerprint density at radius 1 is 1.07 bits per heavy atom. The van der Waals surface area contributed by atoms with E-state index in [2.05, 4.69) is 0 Å². The average Bonchev–Trinajstić information content (AvgIpc) is 3.30. The van der Waals surface area contributed by atoms with E-state index in [9.17, 15) is 9.59 Å². The number of fused-ring (bicyclic) bond motifs is 1. The van der Waals surface area contributed by atoms with Crippen LogP contribution in [-0.4, -0.2) is 36.5 Å². The van der Waals surface area contributed by atoms with Gasteiger partial charge in [0.15, 0.2) is 0 Å². The molecule has 2 heterocycles. The number of hydrogen-bond acceptors (Lipinski definition) is 5. The predicted molar refractivity (Wildman–Crippen MR) is 103 cm³/mol. The zero-order valence-electron chi connectivity index (χ0n) is 15.4. The van der Waals surface area contributed by atoms with Gasteiger partial charge in [0.2, 0.25) is 11.7 Å². The summed E-state index contributed by atoms with van der Waals surface area (Å²) < 4.78 is 17.0. The number of para-hydroxylation sites is 2. The topological polar surface area (TPSA) is 69.0 Å². The lowest BCUT2D eigenvalue weighted by Crippen LogP contribution is -2.29. The van der Waals surface area contributed by atoms with Gasteiger partial charge in [0.1, 0.15) is 24.5 Å². The number of nitrogens with zero attached hydrogens (tertiary/aromatic N) is 1. The van der Waals surface area contributed by atoms with Crippen molar-refractivity contribution in [2.24, 2.45) is 0 Å². The lowest BCUT2D eigenvalue weighted by atomic mass is 10.1. The van der Waals surface area contributed by atoms with Gasteiger partial charge in [0.25, 0.3) is 0 Å². The van der Waals surface area contributed by atoms with Crippen molar-refractivity contribution in [2.45, 2.75) is 19.4 Å². The molecular weight excluding hydrogens is 358 g/mol. The van der Waals surface area contributed by atoms with Crippen LogP contribution in [0.5, 0.6) is 5.75 Å². The van der Waals surface area contributed by atoms with Crippen LogP contribution < -0.4 is 4.74 Å². The molecule has 3 aromatic rings. The Bertz CT molecular complexity index is 979. The fraction of sp³-hybridized carbons (Fsp3) is 0.273. The van der Waals surface area contributed by atoms with Crippen LogP contribution in [0.3, 0.4) is 0 Å². The highest BCUT2D eigenvalue weighted by Crippen LogP contribution is 2.28. The summed E-state index contributed by atoms with van der Waals surface area (Å²) in [6, 6.07) is 16.8. The zero-order valence-corrected chi connectivity index (χ0v) is 15.4. The molecule has 28 heavy (non-hydrogen) atoms. The second-order valence-electron chi connectivity index (χ2n) is 6.63. The van der Waals surface area contributed by atoms with E-state index >= 15 is 0 Å². The van der Waals surface area contributed by atoms with E-state index in [0.29, 0.717) is 29.9 Å². The molecule has 6 nitrogen and oxygen atoms in total. The van der Waals surface area contributed by atoms with E-state index < -0.39 is 5.97 Å². The summed E-state index contributed by atoms with van der Waals surface area (Å²) in [5.41, 5.74) is 1.26. The number of carbonyl (C=O) groups is 2. The van der Waals surface area contributed by atoms with Crippen LogP contribution in [0.2, 0.25) is 0 Å². The molecule has 0 unspecified atom stereocenters. The van der Waals surface area contributed by atoms with Crippen LogP contribution in [0.1, 0.15) is 29.0 Å². The molecule has 1 aliphatic heterocycles. The summed E-state index contributed by atoms with van der Waals surface area (Å²) in [6.07, 6.45) is 1.43. The third kappa shape index (κ3) is 3.86. The zero-order chi connectivity index (χ0) is 19.3. The van der Waals surface area contributed by atoms with Gasteiger partial charge in [-0.1, -0.05) is 36.4 Å². The number of furan rings is 1. The monoisotopic (exact) mass is 379 g/mol. The maximum Gasteiger partial charge on any atom is 0.374 e. The minimum atomic E-state index is -0.547. The maximum absolute atomic E-state index is 12.6. The van der Waals surface area contributed by atoms with Crippen LogP contribution in [-0.2, 0) is 16.1 Å². The first-order chi connectivity index (χ1) is 13.7. The van der Waals surface area contributed by atoms with E-state index in [1.54, 1.807) is 11.0 Å². The molecule has 0 atom stereocenters. The fourth-order valence-electron chi connectivity index (χ4n) is 3.33. The second-order valence-corrected chi connectivity index (χ2v) is 6.63. The van der Waals surface area contributed by atoms with E-state index in [0.717, 1.165) is 18.4 Å². The molecule has 1 amide bonds. The molecule has 0 bridgehead atoms. The first-order valence-corrected chi connectivity index (χ1v) is 9.35. The summed E-state index contributed by atoms with van der Waals surface area (Å²) >= 11 is 0. The van der Waals surface area contributed by atoms with Crippen LogP contribution >= 0.6 is 0 Å². The standard InChI is InChI=1S/C22H21NO5/c24-20-11-6-12-23(20)13-14-26-22(25)21-18(15-27-16-7-2-1-3-8-16)17-9-4-5-10-19(17)28-21/h1-5,7-10H,6,11-15H2. The van der Waals surface area contributed by atoms with Gasteiger partial charge in [0, 0.05) is 18.4 Å². The molecule has 0 aliphatic carbocycles. The van der Waals surface area contributed by atoms with E-state index in [4.69, 9.17) is 13.9 Å². The summed E-state index contributed by atoms with van der Waals surface area (Å²) in [6.45, 7) is 1.45. The van der Waals surface area contributed by atoms with Crippen molar-refractivity contribution in [3.05, 3.63) is 65.9 Å². The SMILES string of the molecule is O=C(OCCN1CCCC1=O)c1oc2ccccc2c1COc1ccccc1. The highest BCUT2D eigenvalue weighted by atomic mass is 16.5. The van der Waals surface area contributed by atoms with Gasteiger partial charge in [-0.25, -0.2) is 4.79 Å². The number of amides is 1. The second kappa shape index (κ2) is 8.17. The highest BCUT2D eigenvalue weighted by molar-refractivity contribution is 5.96. The van der Waals surface area contributed by atoms with Gasteiger partial charge in [0.05, 0.1) is 12.1 Å². The Hall–Kier alpha value is -3.28. The van der Waals surface area contributed by atoms with Gasteiger partial charge >= 0.3 is 5.97 Å². The number of hydrogen-bond donors (Lipinski definition) is 0. The van der Waals surface area contributed by atoms with Crippen molar-refractivity contribution in [2.75, 3.05) is 19.7 Å². The van der Waals surface area contributed by atoms with E-state index in [1.807, 2.05) is 48.5 Å². The summed E-state index contributed by atoms with van der Waals surface area (Å²) in [5.74, 6) is 0.413. The van der Waals surface area contributed by atoms with E-state index in [1.165, 1.54) is 0 Å². The summed E-state index contributed by atoms with van der Waals surface area (Å²) in [7, 11) is 0. The lowest BCUT2D eigenvalue weighted by molar-refractivity contribution is -0.128. The molecule has 0 spiro atoms. The number of benzene rings is 2. The normalized spacial score (nSPS) is 13.9. The van der Waals surface area contributed by atoms with Gasteiger partial charge < -0.3 is 18.8 Å². The molecule has 0 radical (unpaired) electrons. The Morgan fingerprint density at radius 2 is 1.86 bits per heavy atom. The minimum Gasteiger partial charge on any atom is -0.489 e. The van der Waals surface area contributed by atoms with Crippen molar-refractivity contribution in [1.82, 2.24) is 4.90 Å². The number of rotatable bonds is 7. The summed E-state index contributed by atoms with van der Waals surface area (Å²) in [4.78, 5) is 26.0. The predicted octanol–water partition coefficient (Wildman–Crippen LogP) is 3.79. The van der Waals surface area contributed by atoms with Crippen molar-refractivity contribution in [3.8, 4) is 5.75 Å². The number of ether oxygens (including phenoxy) is 2. The molecule has 1 aliphatic rings. The third-order valence-electron chi connectivity index (χ3n) is 4.78. The van der Waals surface area contributed by atoms with Gasteiger partial charge in [-0.05, 0) is 24.6 Å². The van der Waals surface area contributed by atoms with Gasteiger partial charge in [-0.3, -0.25) is 4.79 Å². The lowest BCUT2D eigenvalue weighted by Gasteiger charge is -2.15. The Labute approximate surface area is 162 Å². The van der Waals surface area contributed by atoms with Gasteiger partial charge in [-0.2, -0.15) is 0 Å². The first kappa shape index (κ1) is 18.1. The fourth-order valence-corrected chi connectivity index (χ4v) is 3.33. The molecule has 4 rings (SSSR count). The molecule has 6 heteroatoms. The van der Waals surface area contributed by atoms with Crippen LogP contribution in [0.15, 0.2) is 59.0 Å². The smallest absolute Gasteiger partial charge is 0.374 e.